The number of ether oxygens (including phenoxy) is 1. The molecule has 0 bridgehead atoms. The number of hydrogen-bond donors (Lipinski definition) is 1. The highest BCUT2D eigenvalue weighted by molar-refractivity contribution is 5.39. The third-order valence-electron chi connectivity index (χ3n) is 2.84. The maximum Gasteiger partial charge on any atom is 0.121 e. The summed E-state index contributed by atoms with van der Waals surface area (Å²) in [4.78, 5) is 0. The summed E-state index contributed by atoms with van der Waals surface area (Å²) in [6.07, 6.45) is 1.12. The molecule has 0 aromatic heterocycles. The number of aryl methyl sites for hydroxylation is 1. The Morgan fingerprint density at radius 2 is 2.18 bits per heavy atom. The standard InChI is InChI=1S/C15H23NO/c1-6-9-16-15(11(2)3)13-7-8-14(17-5)12(4)10-13/h7-8,10,15-16H,2,6,9H2,1,3-5H3. The second kappa shape index (κ2) is 6.45. The summed E-state index contributed by atoms with van der Waals surface area (Å²) in [7, 11) is 1.70. The van der Waals surface area contributed by atoms with Crippen LogP contribution >= 0.6 is 0 Å². The Kier molecular flexibility index (Phi) is 5.23. The van der Waals surface area contributed by atoms with Gasteiger partial charge >= 0.3 is 0 Å². The lowest BCUT2D eigenvalue weighted by Gasteiger charge is -2.20. The van der Waals surface area contributed by atoms with Crippen LogP contribution in [0.3, 0.4) is 0 Å². The van der Waals surface area contributed by atoms with Crippen LogP contribution in [0, 0.1) is 6.92 Å². The summed E-state index contributed by atoms with van der Waals surface area (Å²) >= 11 is 0. The molecule has 1 rings (SSSR count). The SMILES string of the molecule is C=C(C)C(NCCC)c1ccc(OC)c(C)c1. The van der Waals surface area contributed by atoms with Gasteiger partial charge in [-0.1, -0.05) is 31.2 Å². The van der Waals surface area contributed by atoms with Crippen molar-refractivity contribution in [2.75, 3.05) is 13.7 Å². The average molecular weight is 233 g/mol. The van der Waals surface area contributed by atoms with Gasteiger partial charge in [-0.05, 0) is 44.0 Å². The molecule has 1 aromatic rings. The molecule has 0 saturated heterocycles. The van der Waals surface area contributed by atoms with Crippen molar-refractivity contribution in [1.29, 1.82) is 0 Å². The second-order valence-corrected chi connectivity index (χ2v) is 4.46. The molecule has 0 amide bonds. The minimum absolute atomic E-state index is 0.236. The molecule has 0 saturated carbocycles. The highest BCUT2D eigenvalue weighted by Gasteiger charge is 2.12. The van der Waals surface area contributed by atoms with Gasteiger partial charge in [-0.2, -0.15) is 0 Å². The van der Waals surface area contributed by atoms with Crippen LogP contribution in [0.25, 0.3) is 0 Å². The van der Waals surface area contributed by atoms with Crippen molar-refractivity contribution in [2.45, 2.75) is 33.2 Å². The van der Waals surface area contributed by atoms with E-state index in [9.17, 15) is 0 Å². The minimum Gasteiger partial charge on any atom is -0.496 e. The van der Waals surface area contributed by atoms with Crippen LogP contribution < -0.4 is 10.1 Å². The number of rotatable bonds is 6. The van der Waals surface area contributed by atoms with E-state index in [1.807, 2.05) is 6.07 Å². The Hall–Kier alpha value is -1.28. The van der Waals surface area contributed by atoms with Gasteiger partial charge in [0.1, 0.15) is 5.75 Å². The molecule has 0 aliphatic heterocycles. The molecule has 0 aliphatic rings. The highest BCUT2D eigenvalue weighted by atomic mass is 16.5. The van der Waals surface area contributed by atoms with E-state index in [0.29, 0.717) is 0 Å². The maximum absolute atomic E-state index is 5.28. The number of hydrogen-bond acceptors (Lipinski definition) is 2. The molecule has 0 radical (unpaired) electrons. The smallest absolute Gasteiger partial charge is 0.121 e. The molecular weight excluding hydrogens is 210 g/mol. The van der Waals surface area contributed by atoms with E-state index in [0.717, 1.165) is 29.9 Å². The third kappa shape index (κ3) is 3.60. The lowest BCUT2D eigenvalue weighted by Crippen LogP contribution is -2.22. The van der Waals surface area contributed by atoms with Crippen molar-refractivity contribution >= 4 is 0 Å². The average Bonchev–Trinajstić information content (AvgIpc) is 2.29. The molecule has 2 nitrogen and oxygen atoms in total. The number of nitrogens with one attached hydrogen (secondary N) is 1. The maximum atomic E-state index is 5.28. The third-order valence-corrected chi connectivity index (χ3v) is 2.84. The van der Waals surface area contributed by atoms with Gasteiger partial charge in [-0.15, -0.1) is 0 Å². The van der Waals surface area contributed by atoms with E-state index < -0.39 is 0 Å². The fourth-order valence-electron chi connectivity index (χ4n) is 1.95. The molecular formula is C15H23NO. The monoisotopic (exact) mass is 233 g/mol. The van der Waals surface area contributed by atoms with Gasteiger partial charge in [0, 0.05) is 0 Å². The Labute approximate surface area is 105 Å². The van der Waals surface area contributed by atoms with Crippen LogP contribution in [0.1, 0.15) is 37.4 Å². The van der Waals surface area contributed by atoms with E-state index in [1.165, 1.54) is 5.56 Å². The lowest BCUT2D eigenvalue weighted by atomic mass is 9.98. The molecule has 0 aliphatic carbocycles. The van der Waals surface area contributed by atoms with Gasteiger partial charge in [0.15, 0.2) is 0 Å². The normalized spacial score (nSPS) is 12.2. The van der Waals surface area contributed by atoms with E-state index in [-0.39, 0.29) is 6.04 Å². The summed E-state index contributed by atoms with van der Waals surface area (Å²) in [5.74, 6) is 0.935. The molecule has 0 fully saturated rings. The molecule has 1 N–H and O–H groups in total. The van der Waals surface area contributed by atoms with Crippen molar-refractivity contribution in [3.63, 3.8) is 0 Å². The van der Waals surface area contributed by atoms with Gasteiger partial charge in [-0.3, -0.25) is 0 Å². The van der Waals surface area contributed by atoms with Crippen LogP contribution in [-0.2, 0) is 0 Å². The van der Waals surface area contributed by atoms with Gasteiger partial charge in [0.05, 0.1) is 13.2 Å². The number of methoxy groups -OCH3 is 1. The highest BCUT2D eigenvalue weighted by Crippen LogP contribution is 2.25. The van der Waals surface area contributed by atoms with Crippen molar-refractivity contribution in [3.05, 3.63) is 41.5 Å². The summed E-state index contributed by atoms with van der Waals surface area (Å²) in [6, 6.07) is 6.53. The van der Waals surface area contributed by atoms with Crippen molar-refractivity contribution < 1.29 is 4.74 Å². The van der Waals surface area contributed by atoms with Gasteiger partial charge in [-0.25, -0.2) is 0 Å². The van der Waals surface area contributed by atoms with Crippen molar-refractivity contribution in [3.8, 4) is 5.75 Å². The Morgan fingerprint density at radius 3 is 2.65 bits per heavy atom. The van der Waals surface area contributed by atoms with E-state index in [4.69, 9.17) is 4.74 Å². The zero-order valence-corrected chi connectivity index (χ0v) is 11.3. The predicted octanol–water partition coefficient (Wildman–Crippen LogP) is 3.62. The summed E-state index contributed by atoms with van der Waals surface area (Å²) < 4.78 is 5.28. The Bertz CT molecular complexity index is 385. The van der Waals surface area contributed by atoms with Gasteiger partial charge in [0.2, 0.25) is 0 Å². The van der Waals surface area contributed by atoms with Crippen LogP contribution in [-0.4, -0.2) is 13.7 Å². The summed E-state index contributed by atoms with van der Waals surface area (Å²) in [5.41, 5.74) is 3.56. The van der Waals surface area contributed by atoms with Crippen LogP contribution in [0.15, 0.2) is 30.4 Å². The van der Waals surface area contributed by atoms with Crippen LogP contribution in [0.5, 0.6) is 5.75 Å². The molecule has 94 valence electrons. The van der Waals surface area contributed by atoms with Gasteiger partial charge in [0.25, 0.3) is 0 Å². The number of benzene rings is 1. The fourth-order valence-corrected chi connectivity index (χ4v) is 1.95. The minimum atomic E-state index is 0.236. The van der Waals surface area contributed by atoms with Gasteiger partial charge < -0.3 is 10.1 Å². The van der Waals surface area contributed by atoms with E-state index in [2.05, 4.69) is 44.8 Å². The fraction of sp³-hybridized carbons (Fsp3) is 0.467. The molecule has 1 aromatic carbocycles. The zero-order chi connectivity index (χ0) is 12.8. The van der Waals surface area contributed by atoms with E-state index >= 15 is 0 Å². The second-order valence-electron chi connectivity index (χ2n) is 4.46. The first-order valence-electron chi connectivity index (χ1n) is 6.13. The van der Waals surface area contributed by atoms with Crippen molar-refractivity contribution in [2.24, 2.45) is 0 Å². The van der Waals surface area contributed by atoms with E-state index in [1.54, 1.807) is 7.11 Å². The van der Waals surface area contributed by atoms with Crippen molar-refractivity contribution in [1.82, 2.24) is 5.32 Å². The predicted molar refractivity (Wildman–Crippen MR) is 73.6 cm³/mol. The first-order chi connectivity index (χ1) is 8.10. The zero-order valence-electron chi connectivity index (χ0n) is 11.3. The Morgan fingerprint density at radius 1 is 1.47 bits per heavy atom. The molecule has 17 heavy (non-hydrogen) atoms. The summed E-state index contributed by atoms with van der Waals surface area (Å²) in [5, 5.41) is 3.51. The summed E-state index contributed by atoms with van der Waals surface area (Å²) in [6.45, 7) is 11.4. The molecule has 1 atom stereocenters. The Balaban J connectivity index is 2.94. The lowest BCUT2D eigenvalue weighted by molar-refractivity contribution is 0.411. The van der Waals surface area contributed by atoms with Crippen LogP contribution in [0.2, 0.25) is 0 Å². The quantitative estimate of drug-likeness (QED) is 0.758. The first-order valence-corrected chi connectivity index (χ1v) is 6.13. The molecule has 1 unspecified atom stereocenters. The molecule has 0 spiro atoms. The molecule has 0 heterocycles. The van der Waals surface area contributed by atoms with Crippen LogP contribution in [0.4, 0.5) is 0 Å². The molecule has 2 heteroatoms. The largest absolute Gasteiger partial charge is 0.496 e. The first kappa shape index (κ1) is 13.8. The topological polar surface area (TPSA) is 21.3 Å².